The van der Waals surface area contributed by atoms with Gasteiger partial charge in [0.25, 0.3) is 5.91 Å². The summed E-state index contributed by atoms with van der Waals surface area (Å²) in [7, 11) is 0. The van der Waals surface area contributed by atoms with Crippen LogP contribution in [0.4, 0.5) is 0 Å². The molecule has 5 rings (SSSR count). The average molecular weight is 386 g/mol. The molecule has 5 heteroatoms. The number of aromatic nitrogens is 3. The maximum absolute atomic E-state index is 12.8. The molecule has 2 aliphatic rings. The van der Waals surface area contributed by atoms with Crippen molar-refractivity contribution in [1.29, 1.82) is 0 Å². The van der Waals surface area contributed by atoms with Crippen LogP contribution in [0.25, 0.3) is 5.69 Å². The van der Waals surface area contributed by atoms with E-state index >= 15 is 0 Å². The molecule has 29 heavy (non-hydrogen) atoms. The van der Waals surface area contributed by atoms with Crippen molar-refractivity contribution in [2.24, 2.45) is 0 Å². The zero-order valence-electron chi connectivity index (χ0n) is 16.8. The minimum Gasteiger partial charge on any atom is -0.345 e. The van der Waals surface area contributed by atoms with Gasteiger partial charge in [-0.05, 0) is 63.3 Å². The van der Waals surface area contributed by atoms with Crippen LogP contribution < -0.4 is 5.32 Å². The highest BCUT2D eigenvalue weighted by Gasteiger charge is 2.26. The monoisotopic (exact) mass is 386 g/mol. The summed E-state index contributed by atoms with van der Waals surface area (Å²) in [6.45, 7) is 2.01. The highest BCUT2D eigenvalue weighted by molar-refractivity contribution is 5.94. The molecule has 5 nitrogen and oxygen atoms in total. The summed E-state index contributed by atoms with van der Waals surface area (Å²) in [6, 6.07) is 11.9. The van der Waals surface area contributed by atoms with E-state index in [1.165, 1.54) is 12.8 Å². The molecule has 2 aliphatic carbocycles. The zero-order valence-corrected chi connectivity index (χ0v) is 16.8. The van der Waals surface area contributed by atoms with Gasteiger partial charge in [0.15, 0.2) is 0 Å². The molecule has 3 aromatic rings. The molecule has 2 aromatic heterocycles. The summed E-state index contributed by atoms with van der Waals surface area (Å²) >= 11 is 0. The molecule has 1 amide bonds. The zero-order chi connectivity index (χ0) is 19.8. The minimum absolute atomic E-state index is 0.000924. The number of nitrogens with zero attached hydrogens (tertiary/aromatic N) is 3. The number of carbonyl (C=O) groups is 1. The summed E-state index contributed by atoms with van der Waals surface area (Å²) in [5.41, 5.74) is 6.27. The molecule has 0 radical (unpaired) electrons. The number of benzene rings is 1. The molecule has 0 saturated heterocycles. The molecule has 1 N–H and O–H groups in total. The molecule has 0 spiro atoms. The molecule has 148 valence electrons. The average Bonchev–Trinajstić information content (AvgIpc) is 3.53. The maximum Gasteiger partial charge on any atom is 0.251 e. The molecule has 2 heterocycles. The largest absolute Gasteiger partial charge is 0.345 e. The van der Waals surface area contributed by atoms with E-state index in [9.17, 15) is 4.79 Å². The molecule has 1 atom stereocenters. The van der Waals surface area contributed by atoms with Gasteiger partial charge in [0.2, 0.25) is 0 Å². The molecule has 1 fully saturated rings. The normalized spacial score (nSPS) is 18.7. The van der Waals surface area contributed by atoms with Crippen LogP contribution in [0.15, 0.2) is 48.8 Å². The third-order valence-electron chi connectivity index (χ3n) is 5.97. The Labute approximate surface area is 171 Å². The second-order valence-electron chi connectivity index (χ2n) is 8.33. The van der Waals surface area contributed by atoms with E-state index < -0.39 is 0 Å². The van der Waals surface area contributed by atoms with Crippen molar-refractivity contribution < 1.29 is 4.79 Å². The van der Waals surface area contributed by atoms with Crippen molar-refractivity contribution in [3.05, 3.63) is 76.9 Å². The van der Waals surface area contributed by atoms with Crippen molar-refractivity contribution in [1.82, 2.24) is 20.1 Å². The van der Waals surface area contributed by atoms with Gasteiger partial charge in [-0.3, -0.25) is 9.78 Å². The fraction of sp³-hybridized carbons (Fsp3) is 0.375. The first-order valence-electron chi connectivity index (χ1n) is 10.6. The lowest BCUT2D eigenvalue weighted by molar-refractivity contribution is 0.0934. The Balaban J connectivity index is 1.43. The summed E-state index contributed by atoms with van der Waals surface area (Å²) in [6.07, 6.45) is 10.6. The Morgan fingerprint density at radius 1 is 1.14 bits per heavy atom. The number of aryl methyl sites for hydroxylation is 2. The number of carbonyl (C=O) groups excluding carboxylic acids is 1. The fourth-order valence-electron chi connectivity index (χ4n) is 4.20. The maximum atomic E-state index is 12.8. The quantitative estimate of drug-likeness (QED) is 0.664. The van der Waals surface area contributed by atoms with E-state index in [1.807, 2.05) is 48.1 Å². The van der Waals surface area contributed by atoms with Gasteiger partial charge in [0, 0.05) is 35.1 Å². The van der Waals surface area contributed by atoms with Crippen LogP contribution in [-0.4, -0.2) is 20.7 Å². The number of hydrogen-bond acceptors (Lipinski definition) is 3. The SMILES string of the molecule is Cc1cccc(C(=O)N[C@@H]2CCCCc3nn(-c4ccnc(C5CC5)c4)cc32)c1. The third kappa shape index (κ3) is 3.82. The molecule has 0 aliphatic heterocycles. The summed E-state index contributed by atoms with van der Waals surface area (Å²) < 4.78 is 1.97. The van der Waals surface area contributed by atoms with Crippen LogP contribution in [0, 0.1) is 6.92 Å². The standard InChI is InChI=1S/C24H26N4O/c1-16-5-4-6-18(13-16)24(29)26-21-7-2-3-8-22-20(21)15-28(27-22)19-11-12-25-23(14-19)17-9-10-17/h4-6,11-15,17,21H,2-3,7-10H2,1H3,(H,26,29)/t21-/m1/s1. The van der Waals surface area contributed by atoms with E-state index in [0.717, 1.165) is 53.9 Å². The number of pyridine rings is 1. The third-order valence-corrected chi connectivity index (χ3v) is 5.97. The lowest BCUT2D eigenvalue weighted by Gasteiger charge is -2.17. The van der Waals surface area contributed by atoms with Crippen LogP contribution in [0.5, 0.6) is 0 Å². The first-order chi connectivity index (χ1) is 14.2. The van der Waals surface area contributed by atoms with Crippen LogP contribution >= 0.6 is 0 Å². The highest BCUT2D eigenvalue weighted by atomic mass is 16.1. The van der Waals surface area contributed by atoms with Crippen LogP contribution in [0.2, 0.25) is 0 Å². The Bertz CT molecular complexity index is 1050. The van der Waals surface area contributed by atoms with Crippen molar-refractivity contribution in [2.75, 3.05) is 0 Å². The predicted molar refractivity (Wildman–Crippen MR) is 112 cm³/mol. The summed E-state index contributed by atoms with van der Waals surface area (Å²) in [5, 5.41) is 8.14. The van der Waals surface area contributed by atoms with E-state index in [4.69, 9.17) is 5.10 Å². The molecule has 0 bridgehead atoms. The molecular weight excluding hydrogens is 360 g/mol. The van der Waals surface area contributed by atoms with Gasteiger partial charge in [-0.2, -0.15) is 5.10 Å². The fourth-order valence-corrected chi connectivity index (χ4v) is 4.20. The van der Waals surface area contributed by atoms with Gasteiger partial charge < -0.3 is 5.32 Å². The second kappa shape index (κ2) is 7.47. The Morgan fingerprint density at radius 2 is 2.03 bits per heavy atom. The molecule has 1 aromatic carbocycles. The van der Waals surface area contributed by atoms with Crippen molar-refractivity contribution in [3.63, 3.8) is 0 Å². The van der Waals surface area contributed by atoms with Crippen LogP contribution in [-0.2, 0) is 6.42 Å². The molecular formula is C24H26N4O. The van der Waals surface area contributed by atoms with Crippen LogP contribution in [0.1, 0.15) is 76.9 Å². The minimum atomic E-state index is -0.0146. The second-order valence-corrected chi connectivity index (χ2v) is 8.33. The van der Waals surface area contributed by atoms with Crippen LogP contribution in [0.3, 0.4) is 0 Å². The van der Waals surface area contributed by atoms with Crippen molar-refractivity contribution in [2.45, 2.75) is 57.4 Å². The smallest absolute Gasteiger partial charge is 0.251 e. The van der Waals surface area contributed by atoms with Gasteiger partial charge in [0.1, 0.15) is 0 Å². The Hall–Kier alpha value is -2.95. The predicted octanol–water partition coefficient (Wildman–Crippen LogP) is 4.65. The van der Waals surface area contributed by atoms with Crippen molar-refractivity contribution in [3.8, 4) is 5.69 Å². The Morgan fingerprint density at radius 3 is 2.86 bits per heavy atom. The lowest BCUT2D eigenvalue weighted by atomic mass is 10.0. The van der Waals surface area contributed by atoms with Crippen molar-refractivity contribution >= 4 is 5.91 Å². The van der Waals surface area contributed by atoms with Gasteiger partial charge in [-0.25, -0.2) is 4.68 Å². The highest BCUT2D eigenvalue weighted by Crippen LogP contribution is 2.39. The topological polar surface area (TPSA) is 59.8 Å². The summed E-state index contributed by atoms with van der Waals surface area (Å²) in [5.74, 6) is 0.601. The van der Waals surface area contributed by atoms with E-state index in [1.54, 1.807) is 0 Å². The van der Waals surface area contributed by atoms with E-state index in [0.29, 0.717) is 11.5 Å². The first kappa shape index (κ1) is 18.1. The number of fused-ring (bicyclic) bond motifs is 1. The van der Waals surface area contributed by atoms with Gasteiger partial charge in [-0.1, -0.05) is 24.1 Å². The van der Waals surface area contributed by atoms with E-state index in [-0.39, 0.29) is 11.9 Å². The first-order valence-corrected chi connectivity index (χ1v) is 10.6. The number of rotatable bonds is 4. The number of hydrogen-bond donors (Lipinski definition) is 1. The molecule has 1 saturated carbocycles. The lowest BCUT2D eigenvalue weighted by Crippen LogP contribution is -2.28. The van der Waals surface area contributed by atoms with E-state index in [2.05, 4.69) is 22.6 Å². The Kier molecular flexibility index (Phi) is 4.66. The number of nitrogens with one attached hydrogen (secondary N) is 1. The summed E-state index contributed by atoms with van der Waals surface area (Å²) in [4.78, 5) is 17.4. The van der Waals surface area contributed by atoms with Gasteiger partial charge in [0.05, 0.1) is 17.4 Å². The molecule has 0 unspecified atom stereocenters. The number of amides is 1. The van der Waals surface area contributed by atoms with Gasteiger partial charge in [-0.15, -0.1) is 0 Å². The van der Waals surface area contributed by atoms with Gasteiger partial charge >= 0.3 is 0 Å².